The van der Waals surface area contributed by atoms with E-state index in [4.69, 9.17) is 9.84 Å². The summed E-state index contributed by atoms with van der Waals surface area (Å²) in [6.07, 6.45) is 5.54. The van der Waals surface area contributed by atoms with Crippen molar-refractivity contribution in [3.05, 3.63) is 47.7 Å². The lowest BCUT2D eigenvalue weighted by Gasteiger charge is -2.18. The quantitative estimate of drug-likeness (QED) is 0.654. The zero-order valence-electron chi connectivity index (χ0n) is 15.5. The minimum Gasteiger partial charge on any atom is -0.490 e. The Labute approximate surface area is 158 Å². The van der Waals surface area contributed by atoms with E-state index in [1.165, 1.54) is 12.8 Å². The summed E-state index contributed by atoms with van der Waals surface area (Å²) in [6.45, 7) is 2.01. The van der Waals surface area contributed by atoms with Gasteiger partial charge in [-0.1, -0.05) is 12.1 Å². The lowest BCUT2D eigenvalue weighted by atomic mass is 9.98. The Bertz CT molecular complexity index is 971. The predicted molar refractivity (Wildman–Crippen MR) is 105 cm³/mol. The number of hydrogen-bond donors (Lipinski definition) is 2. The number of rotatable bonds is 6. The average molecular weight is 364 g/mol. The molecule has 0 amide bonds. The molecule has 140 valence electrons. The first-order valence-corrected chi connectivity index (χ1v) is 9.56. The van der Waals surface area contributed by atoms with Crippen LogP contribution >= 0.6 is 0 Å². The van der Waals surface area contributed by atoms with E-state index in [-0.39, 0.29) is 12.5 Å². The van der Waals surface area contributed by atoms with Crippen molar-refractivity contribution in [1.82, 2.24) is 10.2 Å². The fourth-order valence-electron chi connectivity index (χ4n) is 3.80. The van der Waals surface area contributed by atoms with Crippen LogP contribution in [0.3, 0.4) is 0 Å². The normalized spacial score (nSPS) is 14.7. The minimum atomic E-state index is -0.779. The van der Waals surface area contributed by atoms with Gasteiger partial charge in [0.2, 0.25) is 0 Å². The Morgan fingerprint density at radius 3 is 2.81 bits per heavy atom. The topological polar surface area (TPSA) is 75.2 Å². The van der Waals surface area contributed by atoms with Gasteiger partial charge in [-0.15, -0.1) is 0 Å². The number of fused-ring (bicyclic) bond motifs is 1. The molecule has 0 spiro atoms. The van der Waals surface area contributed by atoms with E-state index in [1.807, 2.05) is 25.1 Å². The molecule has 1 fully saturated rings. The third-order valence-corrected chi connectivity index (χ3v) is 5.32. The van der Waals surface area contributed by atoms with Crippen LogP contribution < -0.4 is 4.74 Å². The molecule has 0 aliphatic heterocycles. The lowest BCUT2D eigenvalue weighted by molar-refractivity contribution is -0.136. The molecule has 3 aromatic rings. The molecule has 5 nitrogen and oxygen atoms in total. The Balaban J connectivity index is 1.73. The Kier molecular flexibility index (Phi) is 4.84. The SMILES string of the molecule is Cc1[nH]nc2ccc(-c3cc(CCC(=O)O)ccc3OC3CCCC3)cc12. The highest BCUT2D eigenvalue weighted by Gasteiger charge is 2.19. The highest BCUT2D eigenvalue weighted by atomic mass is 16.5. The standard InChI is InChI=1S/C22H24N2O3/c1-14-18-13-16(8-9-20(18)24-23-14)19-12-15(7-11-22(25)26)6-10-21(19)27-17-4-2-3-5-17/h6,8-10,12-13,17H,2-5,7,11H2,1H3,(H,23,24)(H,25,26). The number of aromatic nitrogens is 2. The van der Waals surface area contributed by atoms with Crippen LogP contribution in [0.4, 0.5) is 0 Å². The van der Waals surface area contributed by atoms with Gasteiger partial charge in [-0.3, -0.25) is 9.89 Å². The van der Waals surface area contributed by atoms with Gasteiger partial charge in [0.25, 0.3) is 0 Å². The second kappa shape index (κ2) is 7.43. The summed E-state index contributed by atoms with van der Waals surface area (Å²) in [4.78, 5) is 10.9. The van der Waals surface area contributed by atoms with Crippen LogP contribution in [0.5, 0.6) is 5.75 Å². The summed E-state index contributed by atoms with van der Waals surface area (Å²) in [5, 5.41) is 17.4. The molecule has 1 aromatic heterocycles. The van der Waals surface area contributed by atoms with Gasteiger partial charge in [0, 0.05) is 23.1 Å². The molecule has 2 N–H and O–H groups in total. The Morgan fingerprint density at radius 1 is 1.22 bits per heavy atom. The molecule has 0 bridgehead atoms. The van der Waals surface area contributed by atoms with E-state index in [2.05, 4.69) is 28.4 Å². The molecular weight excluding hydrogens is 340 g/mol. The lowest BCUT2D eigenvalue weighted by Crippen LogP contribution is -2.11. The van der Waals surface area contributed by atoms with Gasteiger partial charge in [0.05, 0.1) is 11.6 Å². The Hall–Kier alpha value is -2.82. The van der Waals surface area contributed by atoms with Crippen LogP contribution in [-0.4, -0.2) is 27.4 Å². The monoisotopic (exact) mass is 364 g/mol. The van der Waals surface area contributed by atoms with Crippen molar-refractivity contribution < 1.29 is 14.6 Å². The van der Waals surface area contributed by atoms with Gasteiger partial charge in [-0.25, -0.2) is 0 Å². The van der Waals surface area contributed by atoms with Crippen molar-refractivity contribution in [2.75, 3.05) is 0 Å². The number of H-pyrrole nitrogens is 1. The molecule has 0 atom stereocenters. The first kappa shape index (κ1) is 17.6. The molecule has 1 aliphatic rings. The molecule has 4 rings (SSSR count). The van der Waals surface area contributed by atoms with E-state index in [9.17, 15) is 4.79 Å². The number of benzene rings is 2. The molecule has 0 unspecified atom stereocenters. The number of nitrogens with one attached hydrogen (secondary N) is 1. The molecule has 1 heterocycles. The number of ether oxygens (including phenoxy) is 1. The molecule has 0 radical (unpaired) electrons. The summed E-state index contributed by atoms with van der Waals surface area (Å²) in [6, 6.07) is 12.3. The zero-order valence-corrected chi connectivity index (χ0v) is 15.5. The first-order valence-electron chi connectivity index (χ1n) is 9.56. The molecule has 0 saturated heterocycles. The third kappa shape index (κ3) is 3.82. The van der Waals surface area contributed by atoms with Gasteiger partial charge in [-0.2, -0.15) is 5.10 Å². The maximum absolute atomic E-state index is 10.9. The van der Waals surface area contributed by atoms with Crippen molar-refractivity contribution in [3.8, 4) is 16.9 Å². The van der Waals surface area contributed by atoms with Crippen LogP contribution in [0, 0.1) is 6.92 Å². The molecule has 1 saturated carbocycles. The van der Waals surface area contributed by atoms with Crippen LogP contribution in [0.25, 0.3) is 22.0 Å². The average Bonchev–Trinajstić information content (AvgIpc) is 3.30. The van der Waals surface area contributed by atoms with E-state index >= 15 is 0 Å². The first-order chi connectivity index (χ1) is 13.1. The highest BCUT2D eigenvalue weighted by Crippen LogP contribution is 2.36. The smallest absolute Gasteiger partial charge is 0.303 e. The van der Waals surface area contributed by atoms with Crippen LogP contribution in [-0.2, 0) is 11.2 Å². The molecule has 1 aliphatic carbocycles. The van der Waals surface area contributed by atoms with Gasteiger partial charge in [-0.05, 0) is 74.4 Å². The van der Waals surface area contributed by atoms with E-state index in [0.29, 0.717) is 6.42 Å². The summed E-state index contributed by atoms with van der Waals surface area (Å²) >= 11 is 0. The minimum absolute atomic E-state index is 0.127. The zero-order chi connectivity index (χ0) is 18.8. The number of aromatic amines is 1. The van der Waals surface area contributed by atoms with Crippen molar-refractivity contribution in [2.45, 2.75) is 51.6 Å². The van der Waals surface area contributed by atoms with Crippen molar-refractivity contribution >= 4 is 16.9 Å². The summed E-state index contributed by atoms with van der Waals surface area (Å²) in [7, 11) is 0. The van der Waals surface area contributed by atoms with Gasteiger partial charge < -0.3 is 9.84 Å². The van der Waals surface area contributed by atoms with Gasteiger partial charge in [0.15, 0.2) is 0 Å². The third-order valence-electron chi connectivity index (χ3n) is 5.32. The number of hydrogen-bond acceptors (Lipinski definition) is 3. The van der Waals surface area contributed by atoms with Crippen LogP contribution in [0.1, 0.15) is 43.4 Å². The fraction of sp³-hybridized carbons (Fsp3) is 0.364. The van der Waals surface area contributed by atoms with Gasteiger partial charge in [0.1, 0.15) is 5.75 Å². The van der Waals surface area contributed by atoms with E-state index < -0.39 is 5.97 Å². The predicted octanol–water partition coefficient (Wildman–Crippen LogP) is 4.88. The van der Waals surface area contributed by atoms with Crippen molar-refractivity contribution in [3.63, 3.8) is 0 Å². The van der Waals surface area contributed by atoms with E-state index in [0.717, 1.165) is 51.9 Å². The largest absolute Gasteiger partial charge is 0.490 e. The van der Waals surface area contributed by atoms with Gasteiger partial charge >= 0.3 is 5.97 Å². The molecule has 5 heteroatoms. The molecule has 27 heavy (non-hydrogen) atoms. The highest BCUT2D eigenvalue weighted by molar-refractivity contribution is 5.87. The number of carboxylic acid groups (broad SMARTS) is 1. The van der Waals surface area contributed by atoms with Crippen LogP contribution in [0.15, 0.2) is 36.4 Å². The second-order valence-corrected chi connectivity index (χ2v) is 7.33. The van der Waals surface area contributed by atoms with Crippen LogP contribution in [0.2, 0.25) is 0 Å². The van der Waals surface area contributed by atoms with E-state index in [1.54, 1.807) is 0 Å². The maximum Gasteiger partial charge on any atom is 0.303 e. The number of carboxylic acids is 1. The molecular formula is C22H24N2O3. The van der Waals surface area contributed by atoms with Crippen molar-refractivity contribution in [1.29, 1.82) is 0 Å². The second-order valence-electron chi connectivity index (χ2n) is 7.33. The fourth-order valence-corrected chi connectivity index (χ4v) is 3.80. The molecule has 2 aromatic carbocycles. The number of aryl methyl sites for hydroxylation is 2. The number of nitrogens with zero attached hydrogens (tertiary/aromatic N) is 1. The Morgan fingerprint density at radius 2 is 2.04 bits per heavy atom. The summed E-state index contributed by atoms with van der Waals surface area (Å²) in [5.74, 6) is 0.0970. The number of aliphatic carboxylic acids is 1. The summed E-state index contributed by atoms with van der Waals surface area (Å²) in [5.41, 5.74) is 5.07. The summed E-state index contributed by atoms with van der Waals surface area (Å²) < 4.78 is 6.33. The maximum atomic E-state index is 10.9. The van der Waals surface area contributed by atoms with Crippen molar-refractivity contribution in [2.24, 2.45) is 0 Å². The number of carbonyl (C=O) groups is 1.